The predicted molar refractivity (Wildman–Crippen MR) is 118 cm³/mol. The molecule has 0 bridgehead atoms. The Kier molecular flexibility index (Phi) is 6.18. The predicted octanol–water partition coefficient (Wildman–Crippen LogP) is 2.49. The largest absolute Gasteiger partial charge is 0.382 e. The smallest absolute Gasteiger partial charge is 0.267 e. The first-order chi connectivity index (χ1) is 15.0. The van der Waals surface area contributed by atoms with Crippen LogP contribution in [-0.2, 0) is 11.3 Å². The van der Waals surface area contributed by atoms with Gasteiger partial charge in [0.15, 0.2) is 0 Å². The Morgan fingerprint density at radius 1 is 1.23 bits per heavy atom. The molecule has 164 valence electrons. The van der Waals surface area contributed by atoms with Crippen LogP contribution in [0.2, 0.25) is 0 Å². The summed E-state index contributed by atoms with van der Waals surface area (Å²) in [6.45, 7) is 6.83. The van der Waals surface area contributed by atoms with E-state index in [-0.39, 0.29) is 22.5 Å². The molecule has 1 fully saturated rings. The maximum atomic E-state index is 13.3. The average molecular weight is 424 g/mol. The van der Waals surface area contributed by atoms with Gasteiger partial charge in [-0.3, -0.25) is 19.4 Å². The summed E-state index contributed by atoms with van der Waals surface area (Å²) < 4.78 is 8.67. The van der Waals surface area contributed by atoms with Crippen LogP contribution in [-0.4, -0.2) is 51.1 Å². The summed E-state index contributed by atoms with van der Waals surface area (Å²) in [7, 11) is 0. The van der Waals surface area contributed by atoms with Gasteiger partial charge >= 0.3 is 0 Å². The van der Waals surface area contributed by atoms with Gasteiger partial charge in [0.25, 0.3) is 11.5 Å². The van der Waals surface area contributed by atoms with Crippen LogP contribution >= 0.6 is 0 Å². The standard InChI is InChI=1S/C23H29N5O3/c1-3-31-14-8-13-27-19(24)17(22(29)26-10-5-4-6-11-26)15-18-21(27)25-20-16(2)9-7-12-28(20)23(18)30/h7,9,12,15,24H,3-6,8,10-11,13-14H2,1-2H3. The lowest BCUT2D eigenvalue weighted by Gasteiger charge is -2.27. The van der Waals surface area contributed by atoms with Gasteiger partial charge in [-0.25, -0.2) is 4.98 Å². The molecule has 0 aromatic carbocycles. The van der Waals surface area contributed by atoms with E-state index in [1.807, 2.05) is 26.0 Å². The van der Waals surface area contributed by atoms with Crippen molar-refractivity contribution in [1.82, 2.24) is 18.9 Å². The number of carbonyl (C=O) groups excluding carboxylic acids is 1. The molecule has 8 nitrogen and oxygen atoms in total. The van der Waals surface area contributed by atoms with Crippen molar-refractivity contribution in [1.29, 1.82) is 5.41 Å². The molecule has 0 atom stereocenters. The van der Waals surface area contributed by atoms with Gasteiger partial charge in [0, 0.05) is 39.0 Å². The van der Waals surface area contributed by atoms with Gasteiger partial charge in [-0.2, -0.15) is 0 Å². The lowest BCUT2D eigenvalue weighted by atomic mass is 10.1. The third kappa shape index (κ3) is 3.99. The van der Waals surface area contributed by atoms with Crippen molar-refractivity contribution >= 4 is 22.6 Å². The van der Waals surface area contributed by atoms with Gasteiger partial charge in [-0.15, -0.1) is 0 Å². The summed E-state index contributed by atoms with van der Waals surface area (Å²) in [6.07, 6.45) is 5.40. The van der Waals surface area contributed by atoms with Crippen molar-refractivity contribution in [2.24, 2.45) is 0 Å². The molecular weight excluding hydrogens is 394 g/mol. The first kappa shape index (κ1) is 21.2. The number of hydrogen-bond acceptors (Lipinski definition) is 5. The quantitative estimate of drug-likeness (QED) is 0.487. The normalized spacial score (nSPS) is 14.5. The van der Waals surface area contributed by atoms with Crippen molar-refractivity contribution < 1.29 is 9.53 Å². The highest BCUT2D eigenvalue weighted by atomic mass is 16.5. The minimum absolute atomic E-state index is 0.101. The molecule has 0 spiro atoms. The monoisotopic (exact) mass is 423 g/mol. The summed E-state index contributed by atoms with van der Waals surface area (Å²) in [5, 5.41) is 9.17. The van der Waals surface area contributed by atoms with Crippen LogP contribution in [0.4, 0.5) is 0 Å². The van der Waals surface area contributed by atoms with E-state index in [0.717, 1.165) is 24.8 Å². The Labute approximate surface area is 180 Å². The zero-order valence-electron chi connectivity index (χ0n) is 18.2. The van der Waals surface area contributed by atoms with Crippen molar-refractivity contribution in [3.05, 3.63) is 51.4 Å². The molecule has 0 saturated carbocycles. The third-order valence-corrected chi connectivity index (χ3v) is 5.88. The molecule has 0 aliphatic carbocycles. The third-order valence-electron chi connectivity index (χ3n) is 5.88. The summed E-state index contributed by atoms with van der Waals surface area (Å²) >= 11 is 0. The summed E-state index contributed by atoms with van der Waals surface area (Å²) in [5.74, 6) is -0.182. The molecule has 1 aliphatic heterocycles. The van der Waals surface area contributed by atoms with Crippen LogP contribution < -0.4 is 11.0 Å². The van der Waals surface area contributed by atoms with E-state index in [0.29, 0.717) is 55.9 Å². The molecule has 4 heterocycles. The molecule has 3 aromatic heterocycles. The van der Waals surface area contributed by atoms with E-state index in [1.54, 1.807) is 21.7 Å². The molecule has 4 rings (SSSR count). The highest BCUT2D eigenvalue weighted by Crippen LogP contribution is 2.16. The Bertz CT molecular complexity index is 1240. The van der Waals surface area contributed by atoms with Gasteiger partial charge in [-0.1, -0.05) is 6.07 Å². The Morgan fingerprint density at radius 3 is 2.74 bits per heavy atom. The molecule has 0 unspecified atom stereocenters. The fourth-order valence-corrected chi connectivity index (χ4v) is 4.21. The molecule has 1 aliphatic rings. The van der Waals surface area contributed by atoms with Crippen LogP contribution in [0.15, 0.2) is 29.2 Å². The number of amides is 1. The Hall–Kier alpha value is -3.00. The van der Waals surface area contributed by atoms with E-state index in [9.17, 15) is 9.59 Å². The zero-order chi connectivity index (χ0) is 22.0. The van der Waals surface area contributed by atoms with Gasteiger partial charge in [0.05, 0.1) is 10.9 Å². The number of nitrogens with zero attached hydrogens (tertiary/aromatic N) is 4. The number of piperidine rings is 1. The molecule has 31 heavy (non-hydrogen) atoms. The highest BCUT2D eigenvalue weighted by Gasteiger charge is 2.23. The second-order valence-electron chi connectivity index (χ2n) is 8.00. The second kappa shape index (κ2) is 9.01. The number of nitrogens with one attached hydrogen (secondary N) is 1. The van der Waals surface area contributed by atoms with E-state index >= 15 is 0 Å². The molecule has 8 heteroatoms. The number of aryl methyl sites for hydroxylation is 2. The number of hydrogen-bond donors (Lipinski definition) is 1. The Morgan fingerprint density at radius 2 is 2.00 bits per heavy atom. The minimum atomic E-state index is -0.227. The highest BCUT2D eigenvalue weighted by molar-refractivity contribution is 5.97. The molecule has 0 radical (unpaired) electrons. The van der Waals surface area contributed by atoms with Crippen molar-refractivity contribution in [3.63, 3.8) is 0 Å². The first-order valence-electron chi connectivity index (χ1n) is 11.0. The summed E-state index contributed by atoms with van der Waals surface area (Å²) in [6, 6.07) is 5.28. The lowest BCUT2D eigenvalue weighted by Crippen LogP contribution is -2.40. The van der Waals surface area contributed by atoms with Gasteiger partial charge in [-0.05, 0) is 57.2 Å². The maximum Gasteiger partial charge on any atom is 0.267 e. The van der Waals surface area contributed by atoms with Crippen LogP contribution in [0, 0.1) is 12.3 Å². The van der Waals surface area contributed by atoms with Crippen LogP contribution in [0.5, 0.6) is 0 Å². The SMILES string of the molecule is CCOCCCn1c(=N)c(C(=O)N2CCCCC2)cc2c(=O)n3cccc(C)c3nc21. The molecule has 1 N–H and O–H groups in total. The second-order valence-corrected chi connectivity index (χ2v) is 8.00. The van der Waals surface area contributed by atoms with Crippen LogP contribution in [0.25, 0.3) is 16.7 Å². The average Bonchev–Trinajstić information content (AvgIpc) is 2.79. The number of aromatic nitrogens is 3. The molecular formula is C23H29N5O3. The van der Waals surface area contributed by atoms with Crippen molar-refractivity contribution in [2.75, 3.05) is 26.3 Å². The van der Waals surface area contributed by atoms with Gasteiger partial charge in [0.2, 0.25) is 0 Å². The number of likely N-dealkylation sites (tertiary alicyclic amines) is 1. The summed E-state index contributed by atoms with van der Waals surface area (Å²) in [5.41, 5.74) is 2.02. The van der Waals surface area contributed by atoms with Crippen molar-refractivity contribution in [2.45, 2.75) is 46.1 Å². The van der Waals surface area contributed by atoms with Crippen LogP contribution in [0.1, 0.15) is 48.5 Å². The summed E-state index contributed by atoms with van der Waals surface area (Å²) in [4.78, 5) is 33.1. The topological polar surface area (TPSA) is 92.7 Å². The van der Waals surface area contributed by atoms with Gasteiger partial charge in [0.1, 0.15) is 16.8 Å². The fourth-order valence-electron chi connectivity index (χ4n) is 4.21. The zero-order valence-corrected chi connectivity index (χ0v) is 18.2. The number of fused-ring (bicyclic) bond motifs is 2. The molecule has 1 amide bonds. The van der Waals surface area contributed by atoms with Crippen molar-refractivity contribution in [3.8, 4) is 0 Å². The number of pyridine rings is 2. The number of carbonyl (C=O) groups is 1. The number of rotatable bonds is 6. The maximum absolute atomic E-state index is 13.3. The minimum Gasteiger partial charge on any atom is -0.382 e. The van der Waals surface area contributed by atoms with Gasteiger partial charge < -0.3 is 14.2 Å². The lowest BCUT2D eigenvalue weighted by molar-refractivity contribution is 0.0721. The van der Waals surface area contributed by atoms with E-state index < -0.39 is 0 Å². The molecule has 3 aromatic rings. The van der Waals surface area contributed by atoms with Crippen LogP contribution in [0.3, 0.4) is 0 Å². The van der Waals surface area contributed by atoms with E-state index in [1.165, 1.54) is 4.40 Å². The Balaban J connectivity index is 1.92. The fraction of sp³-hybridized carbons (Fsp3) is 0.478. The van der Waals surface area contributed by atoms with E-state index in [2.05, 4.69) is 0 Å². The number of ether oxygens (including phenoxy) is 1. The molecule has 1 saturated heterocycles. The van der Waals surface area contributed by atoms with E-state index in [4.69, 9.17) is 15.1 Å². The first-order valence-corrected chi connectivity index (χ1v) is 11.0.